The van der Waals surface area contributed by atoms with Crippen LogP contribution >= 0.6 is 0 Å². The molecule has 0 atom stereocenters. The Kier molecular flexibility index (Phi) is 8.28. The Morgan fingerprint density at radius 1 is 0.941 bits per heavy atom. The van der Waals surface area contributed by atoms with Gasteiger partial charge in [0.1, 0.15) is 6.61 Å². The molecule has 0 fully saturated rings. The second kappa shape index (κ2) is 11.2. The molecule has 2 aromatic carbocycles. The molecule has 0 saturated heterocycles. The van der Waals surface area contributed by atoms with Gasteiger partial charge in [0.25, 0.3) is 11.8 Å². The van der Waals surface area contributed by atoms with E-state index in [4.69, 9.17) is 14.2 Å². The largest absolute Gasteiger partial charge is 0.490 e. The molecule has 0 unspecified atom stereocenters. The number of fused-ring (bicyclic) bond motifs is 1. The minimum Gasteiger partial charge on any atom is -0.490 e. The zero-order valence-corrected chi connectivity index (χ0v) is 20.2. The van der Waals surface area contributed by atoms with Gasteiger partial charge in [-0.15, -0.1) is 0 Å². The van der Waals surface area contributed by atoms with Crippen LogP contribution in [0.25, 0.3) is 0 Å². The van der Waals surface area contributed by atoms with E-state index in [-0.39, 0.29) is 30.9 Å². The molecule has 8 heteroatoms. The van der Waals surface area contributed by atoms with Crippen LogP contribution in [0.4, 0.5) is 0 Å². The number of carbonyl (C=O) groups excluding carboxylic acids is 3. The third-order valence-corrected chi connectivity index (χ3v) is 5.43. The molecule has 0 spiro atoms. The van der Waals surface area contributed by atoms with Crippen molar-refractivity contribution in [2.45, 2.75) is 39.7 Å². The van der Waals surface area contributed by atoms with Crippen molar-refractivity contribution in [3.05, 3.63) is 59.2 Å². The number of amides is 3. The molecule has 3 rings (SSSR count). The summed E-state index contributed by atoms with van der Waals surface area (Å²) in [6.07, 6.45) is 0.624. The minimum atomic E-state index is -0.897. The van der Waals surface area contributed by atoms with E-state index in [2.05, 4.69) is 5.32 Å². The van der Waals surface area contributed by atoms with E-state index in [1.807, 2.05) is 32.0 Å². The maximum Gasteiger partial charge on any atom is 0.262 e. The lowest BCUT2D eigenvalue weighted by Gasteiger charge is -2.33. The van der Waals surface area contributed by atoms with Crippen LogP contribution in [-0.4, -0.2) is 61.1 Å². The Morgan fingerprint density at radius 3 is 2.18 bits per heavy atom. The van der Waals surface area contributed by atoms with Crippen LogP contribution in [-0.2, 0) is 16.0 Å². The highest BCUT2D eigenvalue weighted by Gasteiger charge is 2.44. The van der Waals surface area contributed by atoms with Crippen LogP contribution in [0.3, 0.4) is 0 Å². The highest BCUT2D eigenvalue weighted by atomic mass is 16.5. The van der Waals surface area contributed by atoms with Crippen LogP contribution in [0.5, 0.6) is 11.5 Å². The molecule has 2 aromatic rings. The molecule has 1 aliphatic rings. The molecule has 8 nitrogen and oxygen atoms in total. The van der Waals surface area contributed by atoms with Gasteiger partial charge in [-0.3, -0.25) is 19.3 Å². The number of nitrogens with one attached hydrogen (secondary N) is 1. The predicted molar refractivity (Wildman–Crippen MR) is 127 cm³/mol. The molecule has 1 aliphatic heterocycles. The fraction of sp³-hybridized carbons (Fsp3) is 0.423. The molecule has 34 heavy (non-hydrogen) atoms. The lowest BCUT2D eigenvalue weighted by atomic mass is 10.0. The van der Waals surface area contributed by atoms with E-state index in [0.29, 0.717) is 48.8 Å². The molecule has 0 saturated carbocycles. The fourth-order valence-corrected chi connectivity index (χ4v) is 3.85. The Hall–Kier alpha value is -3.39. The minimum absolute atomic E-state index is 0.0441. The molecule has 3 amide bonds. The SMILES string of the molecule is CCOc1ccc(CCNC(=O)COCC(C)(C)N2C(=O)c3ccccc3C2=O)cc1OCC. The molecule has 0 bridgehead atoms. The summed E-state index contributed by atoms with van der Waals surface area (Å²) < 4.78 is 16.8. The number of ether oxygens (including phenoxy) is 3. The number of carbonyl (C=O) groups is 3. The van der Waals surface area contributed by atoms with Crippen LogP contribution in [0.15, 0.2) is 42.5 Å². The molecular formula is C26H32N2O6. The lowest BCUT2D eigenvalue weighted by molar-refractivity contribution is -0.126. The average molecular weight is 469 g/mol. The maximum atomic E-state index is 12.7. The van der Waals surface area contributed by atoms with E-state index >= 15 is 0 Å². The van der Waals surface area contributed by atoms with E-state index in [9.17, 15) is 14.4 Å². The van der Waals surface area contributed by atoms with Crippen molar-refractivity contribution >= 4 is 17.7 Å². The van der Waals surface area contributed by atoms with E-state index in [1.165, 1.54) is 4.90 Å². The molecule has 182 valence electrons. The first-order valence-electron chi connectivity index (χ1n) is 11.5. The van der Waals surface area contributed by atoms with Gasteiger partial charge in [0.2, 0.25) is 5.91 Å². The first-order valence-corrected chi connectivity index (χ1v) is 11.5. The van der Waals surface area contributed by atoms with Crippen molar-refractivity contribution in [3.8, 4) is 11.5 Å². The smallest absolute Gasteiger partial charge is 0.262 e. The summed E-state index contributed by atoms with van der Waals surface area (Å²) >= 11 is 0. The van der Waals surface area contributed by atoms with Crippen molar-refractivity contribution in [3.63, 3.8) is 0 Å². The van der Waals surface area contributed by atoms with Crippen molar-refractivity contribution in [2.75, 3.05) is 33.0 Å². The molecular weight excluding hydrogens is 436 g/mol. The number of hydrogen-bond acceptors (Lipinski definition) is 6. The first kappa shape index (κ1) is 25.2. The second-order valence-corrected chi connectivity index (χ2v) is 8.54. The third kappa shape index (κ3) is 5.75. The molecule has 0 aliphatic carbocycles. The first-order chi connectivity index (χ1) is 16.3. The fourth-order valence-electron chi connectivity index (χ4n) is 3.85. The summed E-state index contributed by atoms with van der Waals surface area (Å²) in [6.45, 7) is 8.73. The summed E-state index contributed by atoms with van der Waals surface area (Å²) in [5.41, 5.74) is 0.894. The molecule has 0 aromatic heterocycles. The Bertz CT molecular complexity index is 1010. The van der Waals surface area contributed by atoms with E-state index in [0.717, 1.165) is 5.56 Å². The van der Waals surface area contributed by atoms with Crippen LogP contribution in [0.1, 0.15) is 54.0 Å². The maximum absolute atomic E-state index is 12.7. The molecule has 1 N–H and O–H groups in total. The average Bonchev–Trinajstić information content (AvgIpc) is 3.06. The normalized spacial score (nSPS) is 13.1. The van der Waals surface area contributed by atoms with Crippen molar-refractivity contribution in [1.82, 2.24) is 10.2 Å². The van der Waals surface area contributed by atoms with Gasteiger partial charge in [-0.05, 0) is 63.9 Å². The van der Waals surface area contributed by atoms with Crippen LogP contribution in [0.2, 0.25) is 0 Å². The van der Waals surface area contributed by atoms with E-state index in [1.54, 1.807) is 38.1 Å². The Balaban J connectivity index is 1.45. The van der Waals surface area contributed by atoms with Gasteiger partial charge < -0.3 is 19.5 Å². The monoisotopic (exact) mass is 468 g/mol. The van der Waals surface area contributed by atoms with Crippen LogP contribution in [0, 0.1) is 0 Å². The highest BCUT2D eigenvalue weighted by Crippen LogP contribution is 2.30. The Morgan fingerprint density at radius 2 is 1.56 bits per heavy atom. The van der Waals surface area contributed by atoms with Gasteiger partial charge in [0.15, 0.2) is 11.5 Å². The summed E-state index contributed by atoms with van der Waals surface area (Å²) in [5.74, 6) is 0.424. The van der Waals surface area contributed by atoms with Crippen molar-refractivity contribution < 1.29 is 28.6 Å². The molecule has 1 heterocycles. The third-order valence-electron chi connectivity index (χ3n) is 5.43. The van der Waals surface area contributed by atoms with Gasteiger partial charge in [0.05, 0.1) is 36.5 Å². The zero-order chi connectivity index (χ0) is 24.7. The summed E-state index contributed by atoms with van der Waals surface area (Å²) in [7, 11) is 0. The van der Waals surface area contributed by atoms with Crippen molar-refractivity contribution in [1.29, 1.82) is 0 Å². The summed E-state index contributed by atoms with van der Waals surface area (Å²) in [4.78, 5) is 38.8. The van der Waals surface area contributed by atoms with Gasteiger partial charge >= 0.3 is 0 Å². The van der Waals surface area contributed by atoms with Crippen molar-refractivity contribution in [2.24, 2.45) is 0 Å². The van der Waals surface area contributed by atoms with Gasteiger partial charge in [-0.2, -0.15) is 0 Å². The number of benzene rings is 2. The van der Waals surface area contributed by atoms with Crippen LogP contribution < -0.4 is 14.8 Å². The number of imide groups is 1. The number of rotatable bonds is 12. The van der Waals surface area contributed by atoms with Gasteiger partial charge in [0, 0.05) is 6.54 Å². The zero-order valence-electron chi connectivity index (χ0n) is 20.2. The quantitative estimate of drug-likeness (QED) is 0.481. The van der Waals surface area contributed by atoms with E-state index < -0.39 is 5.54 Å². The standard InChI is InChI=1S/C26H32N2O6/c1-5-33-21-12-11-18(15-22(21)34-6-2)13-14-27-23(29)16-32-17-26(3,4)28-24(30)19-9-7-8-10-20(19)25(28)31/h7-12,15H,5-6,13-14,16-17H2,1-4H3,(H,27,29). The Labute approximate surface area is 200 Å². The molecule has 0 radical (unpaired) electrons. The predicted octanol–water partition coefficient (Wildman–Crippen LogP) is 3.23. The number of nitrogens with zero attached hydrogens (tertiary/aromatic N) is 1. The summed E-state index contributed by atoms with van der Waals surface area (Å²) in [6, 6.07) is 12.5. The van der Waals surface area contributed by atoms with Gasteiger partial charge in [-0.1, -0.05) is 18.2 Å². The number of hydrogen-bond donors (Lipinski definition) is 1. The lowest BCUT2D eigenvalue weighted by Crippen LogP contribution is -2.51. The second-order valence-electron chi connectivity index (χ2n) is 8.54. The van der Waals surface area contributed by atoms with Gasteiger partial charge in [-0.25, -0.2) is 0 Å². The topological polar surface area (TPSA) is 94.2 Å². The summed E-state index contributed by atoms with van der Waals surface area (Å²) in [5, 5.41) is 2.83. The highest BCUT2D eigenvalue weighted by molar-refractivity contribution is 6.21.